The largest absolute Gasteiger partial charge is 0.493 e. The molecule has 0 saturated carbocycles. The lowest BCUT2D eigenvalue weighted by atomic mass is 10.1. The van der Waals surface area contributed by atoms with Crippen LogP contribution in [0.2, 0.25) is 0 Å². The first-order chi connectivity index (χ1) is 13.0. The van der Waals surface area contributed by atoms with E-state index in [1.54, 1.807) is 31.3 Å². The van der Waals surface area contributed by atoms with E-state index in [2.05, 4.69) is 5.32 Å². The van der Waals surface area contributed by atoms with Crippen LogP contribution in [0.4, 0.5) is 5.69 Å². The van der Waals surface area contributed by atoms with Crippen molar-refractivity contribution in [1.29, 1.82) is 0 Å². The monoisotopic (exact) mass is 368 g/mol. The Balaban J connectivity index is 1.59. The molecule has 1 heterocycles. The second-order valence-corrected chi connectivity index (χ2v) is 6.59. The Labute approximate surface area is 159 Å². The summed E-state index contributed by atoms with van der Waals surface area (Å²) >= 11 is 0. The van der Waals surface area contributed by atoms with Gasteiger partial charge < -0.3 is 19.7 Å². The van der Waals surface area contributed by atoms with E-state index in [1.165, 1.54) is 0 Å². The lowest BCUT2D eigenvalue weighted by Gasteiger charge is -2.22. The van der Waals surface area contributed by atoms with Gasteiger partial charge in [-0.2, -0.15) is 0 Å². The molecule has 1 unspecified atom stereocenters. The lowest BCUT2D eigenvalue weighted by Crippen LogP contribution is -2.39. The molecule has 1 aliphatic heterocycles. The standard InChI is InChI=1S/C21H24N2O4/c1-14-10-16-6-4-5-7-17(16)23(14)21(25)12-20(24)22-13-15-8-9-18(26-2)19(11-15)27-3/h4-9,11,14H,10,12-13H2,1-3H3,(H,22,24). The average Bonchev–Trinajstić information content (AvgIpc) is 3.01. The van der Waals surface area contributed by atoms with E-state index in [4.69, 9.17) is 9.47 Å². The van der Waals surface area contributed by atoms with Gasteiger partial charge in [0.1, 0.15) is 6.42 Å². The Morgan fingerprint density at radius 3 is 2.59 bits per heavy atom. The van der Waals surface area contributed by atoms with Crippen LogP contribution >= 0.6 is 0 Å². The fraction of sp³-hybridized carbons (Fsp3) is 0.333. The Morgan fingerprint density at radius 2 is 1.85 bits per heavy atom. The first-order valence-corrected chi connectivity index (χ1v) is 8.91. The zero-order valence-corrected chi connectivity index (χ0v) is 15.8. The molecule has 1 N–H and O–H groups in total. The number of hydrogen-bond acceptors (Lipinski definition) is 4. The molecule has 0 radical (unpaired) electrons. The van der Waals surface area contributed by atoms with Crippen LogP contribution in [0.1, 0.15) is 24.5 Å². The molecule has 2 aromatic rings. The van der Waals surface area contributed by atoms with E-state index in [9.17, 15) is 9.59 Å². The average molecular weight is 368 g/mol. The summed E-state index contributed by atoms with van der Waals surface area (Å²) in [7, 11) is 3.14. The van der Waals surface area contributed by atoms with Crippen LogP contribution < -0.4 is 19.7 Å². The molecule has 0 fully saturated rings. The molecule has 0 spiro atoms. The van der Waals surface area contributed by atoms with Crippen molar-refractivity contribution in [3.8, 4) is 11.5 Å². The predicted octanol–water partition coefficient (Wildman–Crippen LogP) is 2.69. The normalized spacial score (nSPS) is 15.2. The van der Waals surface area contributed by atoms with Crippen LogP contribution in [0.3, 0.4) is 0 Å². The molecule has 3 rings (SSSR count). The van der Waals surface area contributed by atoms with Crippen LogP contribution in [-0.4, -0.2) is 32.1 Å². The quantitative estimate of drug-likeness (QED) is 0.796. The molecule has 1 aliphatic rings. The first kappa shape index (κ1) is 18.8. The highest BCUT2D eigenvalue weighted by molar-refractivity contribution is 6.06. The summed E-state index contributed by atoms with van der Waals surface area (Å²) in [4.78, 5) is 26.6. The van der Waals surface area contributed by atoms with Crippen molar-refractivity contribution in [3.63, 3.8) is 0 Å². The van der Waals surface area contributed by atoms with Gasteiger partial charge in [0, 0.05) is 18.3 Å². The molecule has 142 valence electrons. The number of carbonyl (C=O) groups is 2. The van der Waals surface area contributed by atoms with Gasteiger partial charge in [-0.1, -0.05) is 24.3 Å². The molecule has 2 amide bonds. The number of ether oxygens (including phenoxy) is 2. The van der Waals surface area contributed by atoms with Gasteiger partial charge in [-0.25, -0.2) is 0 Å². The number of para-hydroxylation sites is 1. The van der Waals surface area contributed by atoms with E-state index in [-0.39, 0.29) is 24.3 Å². The summed E-state index contributed by atoms with van der Waals surface area (Å²) < 4.78 is 10.5. The summed E-state index contributed by atoms with van der Waals surface area (Å²) in [6.07, 6.45) is 0.640. The second-order valence-electron chi connectivity index (χ2n) is 6.59. The van der Waals surface area contributed by atoms with Crippen molar-refractivity contribution < 1.29 is 19.1 Å². The van der Waals surface area contributed by atoms with E-state index in [1.807, 2.05) is 37.3 Å². The number of rotatable bonds is 6. The van der Waals surface area contributed by atoms with E-state index < -0.39 is 0 Å². The van der Waals surface area contributed by atoms with Gasteiger partial charge in [-0.05, 0) is 42.7 Å². The summed E-state index contributed by atoms with van der Waals surface area (Å²) in [6.45, 7) is 2.32. The van der Waals surface area contributed by atoms with Gasteiger partial charge >= 0.3 is 0 Å². The van der Waals surface area contributed by atoms with Crippen LogP contribution in [0.15, 0.2) is 42.5 Å². The molecule has 1 atom stereocenters. The fourth-order valence-corrected chi connectivity index (χ4v) is 3.42. The zero-order chi connectivity index (χ0) is 19.4. The minimum atomic E-state index is -0.300. The van der Waals surface area contributed by atoms with Crippen molar-refractivity contribution in [2.45, 2.75) is 32.4 Å². The molecule has 2 aromatic carbocycles. The fourth-order valence-electron chi connectivity index (χ4n) is 3.42. The zero-order valence-electron chi connectivity index (χ0n) is 15.8. The van der Waals surface area contributed by atoms with Crippen LogP contribution in [0.25, 0.3) is 0 Å². The van der Waals surface area contributed by atoms with Crippen molar-refractivity contribution in [2.24, 2.45) is 0 Å². The second kappa shape index (κ2) is 8.12. The topological polar surface area (TPSA) is 67.9 Å². The predicted molar refractivity (Wildman–Crippen MR) is 103 cm³/mol. The minimum absolute atomic E-state index is 0.0635. The molecule has 0 saturated heterocycles. The van der Waals surface area contributed by atoms with E-state index >= 15 is 0 Å². The number of methoxy groups -OCH3 is 2. The molecule has 0 bridgehead atoms. The summed E-state index contributed by atoms with van der Waals surface area (Å²) in [5, 5.41) is 2.80. The van der Waals surface area contributed by atoms with Crippen LogP contribution in [0.5, 0.6) is 11.5 Å². The van der Waals surface area contributed by atoms with Gasteiger partial charge in [0.25, 0.3) is 0 Å². The van der Waals surface area contributed by atoms with Crippen LogP contribution in [0, 0.1) is 0 Å². The maximum absolute atomic E-state index is 12.7. The highest BCUT2D eigenvalue weighted by Gasteiger charge is 2.31. The molecule has 0 aliphatic carbocycles. The Kier molecular flexibility index (Phi) is 5.64. The lowest BCUT2D eigenvalue weighted by molar-refractivity contribution is -0.128. The van der Waals surface area contributed by atoms with Gasteiger partial charge in [-0.3, -0.25) is 9.59 Å². The third-order valence-electron chi connectivity index (χ3n) is 4.73. The minimum Gasteiger partial charge on any atom is -0.493 e. The molecular formula is C21H24N2O4. The molecule has 27 heavy (non-hydrogen) atoms. The summed E-state index contributed by atoms with van der Waals surface area (Å²) in [5.41, 5.74) is 2.92. The highest BCUT2D eigenvalue weighted by Crippen LogP contribution is 2.32. The van der Waals surface area contributed by atoms with E-state index in [0.717, 1.165) is 23.2 Å². The molecular weight excluding hydrogens is 344 g/mol. The van der Waals surface area contributed by atoms with Crippen molar-refractivity contribution in [3.05, 3.63) is 53.6 Å². The number of carbonyl (C=O) groups excluding carboxylic acids is 2. The molecule has 6 nitrogen and oxygen atoms in total. The number of amides is 2. The van der Waals surface area contributed by atoms with Gasteiger partial charge in [0.05, 0.1) is 14.2 Å². The SMILES string of the molecule is COc1ccc(CNC(=O)CC(=O)N2c3ccccc3CC2C)cc1OC. The molecule has 0 aromatic heterocycles. The third kappa shape index (κ3) is 4.05. The smallest absolute Gasteiger partial charge is 0.236 e. The first-order valence-electron chi connectivity index (χ1n) is 8.91. The number of nitrogens with zero attached hydrogens (tertiary/aromatic N) is 1. The van der Waals surface area contributed by atoms with Gasteiger partial charge in [-0.15, -0.1) is 0 Å². The third-order valence-corrected chi connectivity index (χ3v) is 4.73. The number of nitrogens with one attached hydrogen (secondary N) is 1. The maximum Gasteiger partial charge on any atom is 0.236 e. The van der Waals surface area contributed by atoms with Crippen molar-refractivity contribution >= 4 is 17.5 Å². The maximum atomic E-state index is 12.7. The number of fused-ring (bicyclic) bond motifs is 1. The van der Waals surface area contributed by atoms with E-state index in [0.29, 0.717) is 18.0 Å². The number of anilines is 1. The van der Waals surface area contributed by atoms with Crippen molar-refractivity contribution in [2.75, 3.05) is 19.1 Å². The van der Waals surface area contributed by atoms with Crippen molar-refractivity contribution in [1.82, 2.24) is 5.32 Å². The Morgan fingerprint density at radius 1 is 1.11 bits per heavy atom. The van der Waals surface area contributed by atoms with Crippen LogP contribution in [-0.2, 0) is 22.6 Å². The van der Waals surface area contributed by atoms with Gasteiger partial charge in [0.15, 0.2) is 11.5 Å². The summed E-state index contributed by atoms with van der Waals surface area (Å²) in [5.74, 6) is 0.746. The Hall–Kier alpha value is -3.02. The highest BCUT2D eigenvalue weighted by atomic mass is 16.5. The number of benzene rings is 2. The van der Waals surface area contributed by atoms with Gasteiger partial charge in [0.2, 0.25) is 11.8 Å². The summed E-state index contributed by atoms with van der Waals surface area (Å²) in [6, 6.07) is 13.3. The Bertz CT molecular complexity index is 850. The number of hydrogen-bond donors (Lipinski definition) is 1. The molecule has 6 heteroatoms.